The van der Waals surface area contributed by atoms with Crippen molar-refractivity contribution in [2.24, 2.45) is 5.73 Å². The number of nitrogen functional groups attached to an aromatic ring is 1. The Morgan fingerprint density at radius 3 is 2.66 bits per heavy atom. The zero-order valence-electron chi connectivity index (χ0n) is 17.4. The topological polar surface area (TPSA) is 138 Å². The zero-order valence-corrected chi connectivity index (χ0v) is 17.4. The highest BCUT2D eigenvalue weighted by atomic mass is 16.5. The van der Waals surface area contributed by atoms with E-state index in [1.807, 2.05) is 16.7 Å². The number of hydrogen-bond acceptors (Lipinski definition) is 7. The standard InChI is InChI=1S/C23H21N7O2/c1-32-23(31)14-4-2-13(3-5-14)15-6-16-8-18(9-24)29-19(16)17(7-15)10-30-12-28-20-21(25)26-11-27-22(20)30/h2-8,11-12,29H,9-10,24H2,1H3,(H2,25,26,27). The molecule has 2 aromatic carbocycles. The average molecular weight is 427 g/mol. The number of methoxy groups -OCH3 is 1. The predicted octanol–water partition coefficient (Wildman–Crippen LogP) is 2.85. The second kappa shape index (κ2) is 7.78. The zero-order chi connectivity index (χ0) is 22.2. The normalized spacial score (nSPS) is 11.3. The first-order valence-corrected chi connectivity index (χ1v) is 10.0. The maximum atomic E-state index is 11.8. The van der Waals surface area contributed by atoms with Crippen molar-refractivity contribution in [3.8, 4) is 11.1 Å². The van der Waals surface area contributed by atoms with E-state index in [0.717, 1.165) is 33.3 Å². The van der Waals surface area contributed by atoms with Gasteiger partial charge in [0.15, 0.2) is 11.5 Å². The highest BCUT2D eigenvalue weighted by Crippen LogP contribution is 2.30. The van der Waals surface area contributed by atoms with Gasteiger partial charge in [0, 0.05) is 17.6 Å². The Morgan fingerprint density at radius 2 is 1.91 bits per heavy atom. The van der Waals surface area contributed by atoms with E-state index in [-0.39, 0.29) is 5.97 Å². The number of aromatic amines is 1. The summed E-state index contributed by atoms with van der Waals surface area (Å²) in [4.78, 5) is 27.9. The maximum absolute atomic E-state index is 11.8. The Labute approximate surface area is 183 Å². The maximum Gasteiger partial charge on any atom is 0.337 e. The number of aromatic nitrogens is 5. The van der Waals surface area contributed by atoms with Crippen LogP contribution < -0.4 is 11.5 Å². The van der Waals surface area contributed by atoms with Crippen LogP contribution in [0.25, 0.3) is 33.2 Å². The van der Waals surface area contributed by atoms with E-state index in [2.05, 4.69) is 38.1 Å². The summed E-state index contributed by atoms with van der Waals surface area (Å²) in [5.41, 5.74) is 18.6. The predicted molar refractivity (Wildman–Crippen MR) is 122 cm³/mol. The van der Waals surface area contributed by atoms with Crippen LogP contribution in [-0.2, 0) is 17.8 Å². The SMILES string of the molecule is COC(=O)c1ccc(-c2cc(Cn3cnc4c(N)ncnc43)c3[nH]c(CN)cc3c2)cc1. The van der Waals surface area contributed by atoms with Crippen LogP contribution in [0.1, 0.15) is 21.6 Å². The molecule has 32 heavy (non-hydrogen) atoms. The van der Waals surface area contributed by atoms with Gasteiger partial charge < -0.3 is 25.8 Å². The summed E-state index contributed by atoms with van der Waals surface area (Å²) in [7, 11) is 1.37. The Balaban J connectivity index is 1.61. The summed E-state index contributed by atoms with van der Waals surface area (Å²) in [5, 5.41) is 1.05. The van der Waals surface area contributed by atoms with Crippen LogP contribution in [0.2, 0.25) is 0 Å². The number of ether oxygens (including phenoxy) is 1. The molecule has 0 unspecified atom stereocenters. The number of hydrogen-bond donors (Lipinski definition) is 3. The van der Waals surface area contributed by atoms with Crippen molar-refractivity contribution < 1.29 is 9.53 Å². The first-order chi connectivity index (χ1) is 15.6. The lowest BCUT2D eigenvalue weighted by molar-refractivity contribution is 0.0601. The van der Waals surface area contributed by atoms with E-state index in [0.29, 0.717) is 35.6 Å². The molecule has 0 bridgehead atoms. The lowest BCUT2D eigenvalue weighted by Gasteiger charge is -2.10. The van der Waals surface area contributed by atoms with Gasteiger partial charge in [-0.15, -0.1) is 0 Å². The van der Waals surface area contributed by atoms with Gasteiger partial charge in [-0.3, -0.25) is 0 Å². The van der Waals surface area contributed by atoms with E-state index in [9.17, 15) is 4.79 Å². The van der Waals surface area contributed by atoms with E-state index >= 15 is 0 Å². The molecule has 0 aliphatic rings. The number of nitrogens with two attached hydrogens (primary N) is 2. The number of nitrogens with zero attached hydrogens (tertiary/aromatic N) is 4. The Morgan fingerprint density at radius 1 is 1.09 bits per heavy atom. The van der Waals surface area contributed by atoms with E-state index < -0.39 is 0 Å². The molecule has 0 aliphatic carbocycles. The third-order valence-corrected chi connectivity index (χ3v) is 5.50. The fourth-order valence-electron chi connectivity index (χ4n) is 3.89. The highest BCUT2D eigenvalue weighted by Gasteiger charge is 2.14. The Kier molecular flexibility index (Phi) is 4.79. The van der Waals surface area contributed by atoms with Gasteiger partial charge in [-0.05, 0) is 47.0 Å². The lowest BCUT2D eigenvalue weighted by Crippen LogP contribution is -2.02. The Bertz CT molecular complexity index is 1450. The quantitative estimate of drug-likeness (QED) is 0.367. The van der Waals surface area contributed by atoms with Crippen LogP contribution in [0.4, 0.5) is 5.82 Å². The minimum absolute atomic E-state index is 0.351. The van der Waals surface area contributed by atoms with Gasteiger partial charge >= 0.3 is 5.97 Å². The van der Waals surface area contributed by atoms with E-state index in [1.165, 1.54) is 13.4 Å². The van der Waals surface area contributed by atoms with Crippen LogP contribution in [0, 0.1) is 0 Å². The third-order valence-electron chi connectivity index (χ3n) is 5.50. The number of H-pyrrole nitrogens is 1. The largest absolute Gasteiger partial charge is 0.465 e. The smallest absolute Gasteiger partial charge is 0.337 e. The second-order valence-electron chi connectivity index (χ2n) is 7.47. The molecule has 0 spiro atoms. The number of nitrogens with one attached hydrogen (secondary N) is 1. The molecule has 3 heterocycles. The molecule has 160 valence electrons. The van der Waals surface area contributed by atoms with Crippen molar-refractivity contribution in [2.45, 2.75) is 13.1 Å². The second-order valence-corrected chi connectivity index (χ2v) is 7.47. The molecule has 3 aromatic heterocycles. The van der Waals surface area contributed by atoms with E-state index in [1.54, 1.807) is 18.5 Å². The molecule has 5 aromatic rings. The lowest BCUT2D eigenvalue weighted by atomic mass is 9.99. The van der Waals surface area contributed by atoms with Crippen molar-refractivity contribution in [2.75, 3.05) is 12.8 Å². The van der Waals surface area contributed by atoms with Crippen molar-refractivity contribution in [1.82, 2.24) is 24.5 Å². The number of rotatable bonds is 5. The molecule has 0 saturated carbocycles. The summed E-state index contributed by atoms with van der Waals surface area (Å²) < 4.78 is 6.73. The molecule has 9 nitrogen and oxygen atoms in total. The van der Waals surface area contributed by atoms with Crippen LogP contribution in [0.3, 0.4) is 0 Å². The van der Waals surface area contributed by atoms with Gasteiger partial charge in [0.2, 0.25) is 0 Å². The van der Waals surface area contributed by atoms with Crippen LogP contribution in [0.5, 0.6) is 0 Å². The number of carbonyl (C=O) groups excluding carboxylic acids is 1. The molecule has 0 aliphatic heterocycles. The molecule has 0 saturated heterocycles. The molecule has 5 rings (SSSR count). The third kappa shape index (κ3) is 3.34. The summed E-state index contributed by atoms with van der Waals surface area (Å²) in [6.45, 7) is 0.942. The summed E-state index contributed by atoms with van der Waals surface area (Å²) in [6.07, 6.45) is 3.15. The first kappa shape index (κ1) is 19.7. The molecule has 0 fully saturated rings. The molecule has 0 atom stereocenters. The number of fused-ring (bicyclic) bond motifs is 2. The number of carbonyl (C=O) groups is 1. The van der Waals surface area contributed by atoms with Crippen LogP contribution in [0.15, 0.2) is 55.1 Å². The fraction of sp³-hybridized carbons (Fsp3) is 0.130. The van der Waals surface area contributed by atoms with Crippen molar-refractivity contribution in [3.05, 3.63) is 71.9 Å². The molecular weight excluding hydrogens is 406 g/mol. The molecule has 9 heteroatoms. The van der Waals surface area contributed by atoms with E-state index in [4.69, 9.17) is 16.2 Å². The van der Waals surface area contributed by atoms with Crippen molar-refractivity contribution >= 4 is 33.9 Å². The first-order valence-electron chi connectivity index (χ1n) is 10.0. The molecule has 0 amide bonds. The van der Waals surface area contributed by atoms with Gasteiger partial charge in [-0.2, -0.15) is 0 Å². The summed E-state index contributed by atoms with van der Waals surface area (Å²) in [5.74, 6) is -0.0113. The van der Waals surface area contributed by atoms with Crippen LogP contribution in [-0.4, -0.2) is 37.6 Å². The monoisotopic (exact) mass is 427 g/mol. The van der Waals surface area contributed by atoms with Crippen molar-refractivity contribution in [3.63, 3.8) is 0 Å². The summed E-state index contributed by atoms with van der Waals surface area (Å²) >= 11 is 0. The fourth-order valence-corrected chi connectivity index (χ4v) is 3.89. The minimum atomic E-state index is -0.362. The van der Waals surface area contributed by atoms with Crippen molar-refractivity contribution in [1.29, 1.82) is 0 Å². The van der Waals surface area contributed by atoms with Gasteiger partial charge in [0.05, 0.1) is 31.1 Å². The van der Waals surface area contributed by atoms with Gasteiger partial charge in [-0.25, -0.2) is 19.7 Å². The molecule has 5 N–H and O–H groups in total. The van der Waals surface area contributed by atoms with Gasteiger partial charge in [0.1, 0.15) is 11.8 Å². The van der Waals surface area contributed by atoms with Gasteiger partial charge in [0.25, 0.3) is 0 Å². The number of anilines is 1. The van der Waals surface area contributed by atoms with Crippen LogP contribution >= 0.6 is 0 Å². The molecule has 0 radical (unpaired) electrons. The number of benzene rings is 2. The average Bonchev–Trinajstić information content (AvgIpc) is 3.43. The summed E-state index contributed by atoms with van der Waals surface area (Å²) in [6, 6.07) is 13.6. The minimum Gasteiger partial charge on any atom is -0.465 e. The highest BCUT2D eigenvalue weighted by molar-refractivity contribution is 5.92. The van der Waals surface area contributed by atoms with Gasteiger partial charge in [-0.1, -0.05) is 12.1 Å². The molecular formula is C23H21N7O2. The number of esters is 1. The number of imidazole rings is 1. The Hall–Kier alpha value is -4.24.